The fraction of sp³-hybridized carbons (Fsp3) is 0.0714. The van der Waals surface area contributed by atoms with E-state index in [1.165, 1.54) is 12.1 Å². The summed E-state index contributed by atoms with van der Waals surface area (Å²) in [6, 6.07) is 9.20. The summed E-state index contributed by atoms with van der Waals surface area (Å²) in [5.74, 6) is -0.983. The summed E-state index contributed by atoms with van der Waals surface area (Å²) in [4.78, 5) is 11.1. The Labute approximate surface area is 125 Å². The molecule has 0 aliphatic rings. The molecular weight excluding hydrogens is 302 g/mol. The van der Waals surface area contributed by atoms with Crippen LogP contribution in [0, 0.1) is 5.82 Å². The largest absolute Gasteiger partial charge is 0.381 e. The van der Waals surface area contributed by atoms with Gasteiger partial charge in [0.25, 0.3) is 0 Å². The lowest BCUT2D eigenvalue weighted by Gasteiger charge is -2.10. The smallest absolute Gasteiger partial charge is 0.250 e. The van der Waals surface area contributed by atoms with Crippen LogP contribution >= 0.6 is 23.2 Å². The zero-order valence-corrected chi connectivity index (χ0v) is 11.8. The van der Waals surface area contributed by atoms with E-state index in [0.29, 0.717) is 16.3 Å². The Bertz CT molecular complexity index is 641. The average molecular weight is 313 g/mol. The van der Waals surface area contributed by atoms with Gasteiger partial charge in [0, 0.05) is 22.8 Å². The van der Waals surface area contributed by atoms with Gasteiger partial charge in [0.15, 0.2) is 0 Å². The van der Waals surface area contributed by atoms with Crippen LogP contribution in [0.4, 0.5) is 10.1 Å². The van der Waals surface area contributed by atoms with E-state index in [4.69, 9.17) is 28.9 Å². The van der Waals surface area contributed by atoms with Gasteiger partial charge in [0.1, 0.15) is 5.82 Å². The van der Waals surface area contributed by atoms with Gasteiger partial charge in [-0.15, -0.1) is 0 Å². The molecule has 2 aromatic carbocycles. The van der Waals surface area contributed by atoms with Gasteiger partial charge < -0.3 is 11.1 Å². The lowest BCUT2D eigenvalue weighted by atomic mass is 10.1. The number of carbonyl (C=O) groups is 1. The molecule has 104 valence electrons. The maximum atomic E-state index is 13.6. The van der Waals surface area contributed by atoms with Crippen LogP contribution in [0.3, 0.4) is 0 Å². The van der Waals surface area contributed by atoms with Crippen LogP contribution in [-0.2, 0) is 6.54 Å². The number of hydrogen-bond acceptors (Lipinski definition) is 2. The lowest BCUT2D eigenvalue weighted by Crippen LogP contribution is -2.11. The van der Waals surface area contributed by atoms with Crippen molar-refractivity contribution in [3.8, 4) is 0 Å². The van der Waals surface area contributed by atoms with Gasteiger partial charge in [-0.2, -0.15) is 0 Å². The fourth-order valence-corrected chi connectivity index (χ4v) is 2.22. The minimum Gasteiger partial charge on any atom is -0.381 e. The third kappa shape index (κ3) is 3.21. The Balaban J connectivity index is 2.16. The highest BCUT2D eigenvalue weighted by Gasteiger charge is 2.09. The van der Waals surface area contributed by atoms with Crippen LogP contribution in [0.1, 0.15) is 15.9 Å². The van der Waals surface area contributed by atoms with E-state index in [1.54, 1.807) is 24.3 Å². The van der Waals surface area contributed by atoms with Crippen molar-refractivity contribution < 1.29 is 9.18 Å². The number of rotatable bonds is 4. The van der Waals surface area contributed by atoms with Crippen molar-refractivity contribution >= 4 is 34.8 Å². The molecule has 0 bridgehead atoms. The summed E-state index contributed by atoms with van der Waals surface area (Å²) in [7, 11) is 0. The molecular formula is C14H11Cl2FN2O. The SMILES string of the molecule is NC(=O)c1ccc(NCc2c(F)cccc2Cl)cc1Cl. The number of carbonyl (C=O) groups excluding carboxylic acids is 1. The normalized spacial score (nSPS) is 10.3. The van der Waals surface area contributed by atoms with E-state index in [1.807, 2.05) is 0 Å². The molecule has 0 saturated heterocycles. The van der Waals surface area contributed by atoms with E-state index in [2.05, 4.69) is 5.32 Å². The van der Waals surface area contributed by atoms with Crippen molar-refractivity contribution in [1.82, 2.24) is 0 Å². The Kier molecular flexibility index (Phi) is 4.47. The predicted molar refractivity (Wildman–Crippen MR) is 78.7 cm³/mol. The third-order valence-corrected chi connectivity index (χ3v) is 3.43. The number of nitrogens with one attached hydrogen (secondary N) is 1. The first-order valence-electron chi connectivity index (χ1n) is 5.75. The van der Waals surface area contributed by atoms with Crippen molar-refractivity contribution in [2.45, 2.75) is 6.54 Å². The highest BCUT2D eigenvalue weighted by molar-refractivity contribution is 6.34. The lowest BCUT2D eigenvalue weighted by molar-refractivity contribution is 0.100. The summed E-state index contributed by atoms with van der Waals surface area (Å²) in [6.45, 7) is 0.206. The average Bonchev–Trinajstić information content (AvgIpc) is 2.37. The van der Waals surface area contributed by atoms with Crippen LogP contribution in [-0.4, -0.2) is 5.91 Å². The molecule has 0 aliphatic heterocycles. The van der Waals surface area contributed by atoms with Gasteiger partial charge >= 0.3 is 0 Å². The molecule has 3 nitrogen and oxygen atoms in total. The minimum absolute atomic E-state index is 0.206. The molecule has 0 aliphatic carbocycles. The molecule has 0 unspecified atom stereocenters. The zero-order chi connectivity index (χ0) is 14.7. The van der Waals surface area contributed by atoms with Gasteiger partial charge in [-0.25, -0.2) is 4.39 Å². The van der Waals surface area contributed by atoms with Crippen molar-refractivity contribution in [3.05, 3.63) is 63.4 Å². The minimum atomic E-state index is -0.598. The molecule has 1 amide bonds. The Morgan fingerprint density at radius 2 is 1.95 bits per heavy atom. The summed E-state index contributed by atoms with van der Waals surface area (Å²) in [6.07, 6.45) is 0. The number of nitrogens with two attached hydrogens (primary N) is 1. The van der Waals surface area contributed by atoms with E-state index < -0.39 is 5.91 Å². The number of halogens is 3. The Hall–Kier alpha value is -1.78. The molecule has 6 heteroatoms. The van der Waals surface area contributed by atoms with E-state index in [-0.39, 0.29) is 22.9 Å². The molecule has 0 saturated carbocycles. The number of amides is 1. The summed E-state index contributed by atoms with van der Waals surface area (Å²) >= 11 is 11.9. The predicted octanol–water partition coefficient (Wildman–Crippen LogP) is 3.84. The van der Waals surface area contributed by atoms with Crippen LogP contribution in [0.2, 0.25) is 10.0 Å². The standard InChI is InChI=1S/C14H11Cl2FN2O/c15-11-2-1-3-13(17)10(11)7-19-8-4-5-9(14(18)20)12(16)6-8/h1-6,19H,7H2,(H2,18,20). The van der Waals surface area contributed by atoms with Gasteiger partial charge in [-0.1, -0.05) is 29.3 Å². The van der Waals surface area contributed by atoms with Crippen LogP contribution < -0.4 is 11.1 Å². The van der Waals surface area contributed by atoms with Gasteiger partial charge in [-0.05, 0) is 30.3 Å². The Morgan fingerprint density at radius 3 is 2.55 bits per heavy atom. The van der Waals surface area contributed by atoms with Crippen LogP contribution in [0.15, 0.2) is 36.4 Å². The molecule has 0 spiro atoms. The first kappa shape index (κ1) is 14.6. The number of primary amides is 1. The monoisotopic (exact) mass is 312 g/mol. The molecule has 0 atom stereocenters. The second-order valence-corrected chi connectivity index (χ2v) is 4.93. The second kappa shape index (κ2) is 6.11. The van der Waals surface area contributed by atoms with Gasteiger partial charge in [0.05, 0.1) is 10.6 Å². The van der Waals surface area contributed by atoms with E-state index in [9.17, 15) is 9.18 Å². The van der Waals surface area contributed by atoms with Crippen molar-refractivity contribution in [1.29, 1.82) is 0 Å². The highest BCUT2D eigenvalue weighted by atomic mass is 35.5. The molecule has 2 aromatic rings. The molecule has 20 heavy (non-hydrogen) atoms. The van der Waals surface area contributed by atoms with Crippen LogP contribution in [0.25, 0.3) is 0 Å². The number of benzene rings is 2. The molecule has 0 aromatic heterocycles. The molecule has 3 N–H and O–H groups in total. The summed E-state index contributed by atoms with van der Waals surface area (Å²) in [5.41, 5.74) is 6.40. The van der Waals surface area contributed by atoms with Crippen molar-refractivity contribution in [2.24, 2.45) is 5.73 Å². The topological polar surface area (TPSA) is 55.1 Å². The van der Waals surface area contributed by atoms with Crippen molar-refractivity contribution in [2.75, 3.05) is 5.32 Å². The molecule has 2 rings (SSSR count). The maximum absolute atomic E-state index is 13.6. The Morgan fingerprint density at radius 1 is 1.20 bits per heavy atom. The summed E-state index contributed by atoms with van der Waals surface area (Å²) < 4.78 is 13.6. The quantitative estimate of drug-likeness (QED) is 0.901. The number of anilines is 1. The first-order chi connectivity index (χ1) is 9.49. The maximum Gasteiger partial charge on any atom is 0.250 e. The zero-order valence-electron chi connectivity index (χ0n) is 10.3. The van der Waals surface area contributed by atoms with Gasteiger partial charge in [-0.3, -0.25) is 4.79 Å². The first-order valence-corrected chi connectivity index (χ1v) is 6.50. The molecule has 0 radical (unpaired) electrons. The molecule has 0 heterocycles. The van der Waals surface area contributed by atoms with Crippen LogP contribution in [0.5, 0.6) is 0 Å². The fourth-order valence-electron chi connectivity index (χ4n) is 1.72. The third-order valence-electron chi connectivity index (χ3n) is 2.77. The van der Waals surface area contributed by atoms with E-state index in [0.717, 1.165) is 0 Å². The van der Waals surface area contributed by atoms with Crippen molar-refractivity contribution in [3.63, 3.8) is 0 Å². The van der Waals surface area contributed by atoms with E-state index >= 15 is 0 Å². The number of hydrogen-bond donors (Lipinski definition) is 2. The second-order valence-electron chi connectivity index (χ2n) is 4.11. The van der Waals surface area contributed by atoms with Gasteiger partial charge in [0.2, 0.25) is 5.91 Å². The highest BCUT2D eigenvalue weighted by Crippen LogP contribution is 2.23. The summed E-state index contributed by atoms with van der Waals surface area (Å²) in [5, 5.41) is 3.57. The molecule has 0 fully saturated rings.